The summed E-state index contributed by atoms with van der Waals surface area (Å²) in [5, 5.41) is 9.65. The van der Waals surface area contributed by atoms with E-state index in [9.17, 15) is 13.2 Å². The molecule has 2 aromatic rings. The lowest BCUT2D eigenvalue weighted by atomic mass is 9.71. The van der Waals surface area contributed by atoms with Crippen LogP contribution in [0.4, 0.5) is 0 Å². The van der Waals surface area contributed by atoms with Crippen molar-refractivity contribution in [3.8, 4) is 0 Å². The zero-order chi connectivity index (χ0) is 16.7. The molecule has 3 rings (SSSR count). The van der Waals surface area contributed by atoms with Crippen LogP contribution < -0.4 is 4.72 Å². The van der Waals surface area contributed by atoms with E-state index < -0.39 is 21.5 Å². The molecule has 2 N–H and O–H groups in total. The largest absolute Gasteiger partial charge is 0.481 e. The SMILES string of the molecule is CC(CC(=O)O)(NS(=O)(=O)c1cc2ccccc2o1)C1CCC1. The van der Waals surface area contributed by atoms with Crippen LogP contribution in [0.5, 0.6) is 0 Å². The van der Waals surface area contributed by atoms with Crippen molar-refractivity contribution in [1.82, 2.24) is 4.72 Å². The molecule has 124 valence electrons. The quantitative estimate of drug-likeness (QED) is 0.845. The second-order valence-corrected chi connectivity index (χ2v) is 7.94. The Morgan fingerprint density at radius 2 is 2.09 bits per heavy atom. The molecule has 0 saturated heterocycles. The van der Waals surface area contributed by atoms with E-state index in [1.807, 2.05) is 0 Å². The smallest absolute Gasteiger partial charge is 0.305 e. The van der Waals surface area contributed by atoms with Crippen molar-refractivity contribution >= 4 is 27.0 Å². The van der Waals surface area contributed by atoms with Gasteiger partial charge in [-0.15, -0.1) is 0 Å². The minimum absolute atomic E-state index is 0.0257. The molecular formula is C16H19NO5S. The molecule has 1 unspecified atom stereocenters. The molecular weight excluding hydrogens is 318 g/mol. The van der Waals surface area contributed by atoms with Crippen molar-refractivity contribution < 1.29 is 22.7 Å². The number of nitrogens with one attached hydrogen (secondary N) is 1. The topological polar surface area (TPSA) is 96.6 Å². The van der Waals surface area contributed by atoms with Gasteiger partial charge in [-0.25, -0.2) is 13.1 Å². The van der Waals surface area contributed by atoms with Gasteiger partial charge in [0.2, 0.25) is 5.09 Å². The molecule has 0 radical (unpaired) electrons. The first-order valence-corrected chi connectivity index (χ1v) is 9.03. The van der Waals surface area contributed by atoms with E-state index >= 15 is 0 Å². The predicted octanol–water partition coefficient (Wildman–Crippen LogP) is 2.74. The molecule has 1 atom stereocenters. The number of carbonyl (C=O) groups is 1. The highest BCUT2D eigenvalue weighted by atomic mass is 32.2. The van der Waals surface area contributed by atoms with Crippen LogP contribution in [0.15, 0.2) is 39.8 Å². The number of hydrogen-bond donors (Lipinski definition) is 2. The molecule has 1 fully saturated rings. The number of sulfonamides is 1. The summed E-state index contributed by atoms with van der Waals surface area (Å²) >= 11 is 0. The summed E-state index contributed by atoms with van der Waals surface area (Å²) in [6, 6.07) is 8.47. The van der Waals surface area contributed by atoms with Crippen LogP contribution >= 0.6 is 0 Å². The molecule has 0 bridgehead atoms. The number of hydrogen-bond acceptors (Lipinski definition) is 4. The Kier molecular flexibility index (Phi) is 3.93. The van der Waals surface area contributed by atoms with Gasteiger partial charge in [-0.3, -0.25) is 4.79 Å². The van der Waals surface area contributed by atoms with Crippen molar-refractivity contribution in [2.24, 2.45) is 5.92 Å². The molecule has 1 saturated carbocycles. The van der Waals surface area contributed by atoms with E-state index in [0.29, 0.717) is 11.0 Å². The van der Waals surface area contributed by atoms with Gasteiger partial charge in [-0.2, -0.15) is 0 Å². The first kappa shape index (κ1) is 16.0. The predicted molar refractivity (Wildman–Crippen MR) is 84.5 cm³/mol. The van der Waals surface area contributed by atoms with Gasteiger partial charge < -0.3 is 9.52 Å². The number of carboxylic acids is 1. The maximum atomic E-state index is 12.6. The molecule has 6 nitrogen and oxygen atoms in total. The molecule has 0 spiro atoms. The third-order valence-corrected chi connectivity index (χ3v) is 6.03. The number of fused-ring (bicyclic) bond motifs is 1. The molecule has 1 aliphatic rings. The van der Waals surface area contributed by atoms with E-state index in [-0.39, 0.29) is 17.4 Å². The summed E-state index contributed by atoms with van der Waals surface area (Å²) < 4.78 is 33.3. The zero-order valence-electron chi connectivity index (χ0n) is 12.8. The van der Waals surface area contributed by atoms with E-state index in [2.05, 4.69) is 4.72 Å². The van der Waals surface area contributed by atoms with Crippen LogP contribution in [0.25, 0.3) is 11.0 Å². The molecule has 1 aromatic carbocycles. The molecule has 23 heavy (non-hydrogen) atoms. The Labute approximate surface area is 134 Å². The van der Waals surface area contributed by atoms with Crippen LogP contribution in [0.3, 0.4) is 0 Å². The minimum Gasteiger partial charge on any atom is -0.481 e. The van der Waals surface area contributed by atoms with Crippen LogP contribution in [-0.4, -0.2) is 25.0 Å². The maximum absolute atomic E-state index is 12.6. The third kappa shape index (κ3) is 3.11. The third-order valence-electron chi connectivity index (χ3n) is 4.56. The van der Waals surface area contributed by atoms with E-state index in [0.717, 1.165) is 19.3 Å². The molecule has 1 heterocycles. The lowest BCUT2D eigenvalue weighted by Crippen LogP contribution is -2.54. The lowest BCUT2D eigenvalue weighted by molar-refractivity contribution is -0.139. The number of aliphatic carboxylic acids is 1. The van der Waals surface area contributed by atoms with Gasteiger partial charge in [-0.1, -0.05) is 24.6 Å². The normalized spacial score (nSPS) is 18.5. The Morgan fingerprint density at radius 1 is 1.39 bits per heavy atom. The Morgan fingerprint density at radius 3 is 2.65 bits per heavy atom. The highest BCUT2D eigenvalue weighted by Crippen LogP contribution is 2.39. The van der Waals surface area contributed by atoms with E-state index in [1.54, 1.807) is 31.2 Å². The number of carboxylic acid groups (broad SMARTS) is 1. The van der Waals surface area contributed by atoms with Gasteiger partial charge in [-0.05, 0) is 31.7 Å². The summed E-state index contributed by atoms with van der Waals surface area (Å²) in [7, 11) is -3.93. The number of para-hydroxylation sites is 1. The average Bonchev–Trinajstić information content (AvgIpc) is 2.78. The summed E-state index contributed by atoms with van der Waals surface area (Å²) in [4.78, 5) is 11.2. The van der Waals surface area contributed by atoms with Gasteiger partial charge in [0.05, 0.1) is 6.42 Å². The highest BCUT2D eigenvalue weighted by molar-refractivity contribution is 7.89. The standard InChI is InChI=1S/C16H19NO5S/c1-16(10-14(18)19,12-6-4-7-12)17-23(20,21)15-9-11-5-2-3-8-13(11)22-15/h2-3,5,8-9,12,17H,4,6-7,10H2,1H3,(H,18,19). The van der Waals surface area contributed by atoms with E-state index in [4.69, 9.17) is 9.52 Å². The van der Waals surface area contributed by atoms with Crippen LogP contribution in [-0.2, 0) is 14.8 Å². The first-order chi connectivity index (χ1) is 10.8. The van der Waals surface area contributed by atoms with Crippen LogP contribution in [0.2, 0.25) is 0 Å². The van der Waals surface area contributed by atoms with E-state index in [1.165, 1.54) is 6.07 Å². The number of benzene rings is 1. The van der Waals surface area contributed by atoms with Crippen molar-refractivity contribution in [3.05, 3.63) is 30.3 Å². The summed E-state index contributed by atoms with van der Waals surface area (Å²) in [6.45, 7) is 1.66. The monoisotopic (exact) mass is 337 g/mol. The molecule has 0 aliphatic heterocycles. The summed E-state index contributed by atoms with van der Waals surface area (Å²) in [5.41, 5.74) is -0.529. The average molecular weight is 337 g/mol. The van der Waals surface area contributed by atoms with Gasteiger partial charge in [0, 0.05) is 17.0 Å². The molecule has 7 heteroatoms. The van der Waals surface area contributed by atoms with Crippen molar-refractivity contribution in [2.75, 3.05) is 0 Å². The Bertz CT molecular complexity index is 804. The van der Waals surface area contributed by atoms with Crippen molar-refractivity contribution in [1.29, 1.82) is 0 Å². The van der Waals surface area contributed by atoms with Crippen LogP contribution in [0, 0.1) is 5.92 Å². The van der Waals surface area contributed by atoms with Crippen LogP contribution in [0.1, 0.15) is 32.6 Å². The van der Waals surface area contributed by atoms with Crippen molar-refractivity contribution in [3.63, 3.8) is 0 Å². The number of furan rings is 1. The molecule has 1 aromatic heterocycles. The molecule has 1 aliphatic carbocycles. The Balaban J connectivity index is 1.92. The highest BCUT2D eigenvalue weighted by Gasteiger charge is 2.43. The fourth-order valence-electron chi connectivity index (χ4n) is 3.07. The Hall–Kier alpha value is -1.86. The first-order valence-electron chi connectivity index (χ1n) is 7.54. The van der Waals surface area contributed by atoms with Gasteiger partial charge >= 0.3 is 5.97 Å². The van der Waals surface area contributed by atoms with Gasteiger partial charge in [0.15, 0.2) is 0 Å². The summed E-state index contributed by atoms with van der Waals surface area (Å²) in [5.74, 6) is -0.996. The number of rotatable bonds is 6. The lowest BCUT2D eigenvalue weighted by Gasteiger charge is -2.42. The van der Waals surface area contributed by atoms with Gasteiger partial charge in [0.1, 0.15) is 5.58 Å². The van der Waals surface area contributed by atoms with Gasteiger partial charge in [0.25, 0.3) is 10.0 Å². The maximum Gasteiger partial charge on any atom is 0.305 e. The fraction of sp³-hybridized carbons (Fsp3) is 0.438. The second-order valence-electron chi connectivity index (χ2n) is 6.32. The summed E-state index contributed by atoms with van der Waals surface area (Å²) in [6.07, 6.45) is 2.39. The fourth-order valence-corrected chi connectivity index (χ4v) is 4.51. The van der Waals surface area contributed by atoms with Crippen molar-refractivity contribution in [2.45, 2.75) is 43.2 Å². The second kappa shape index (κ2) is 5.65. The zero-order valence-corrected chi connectivity index (χ0v) is 13.6. The minimum atomic E-state index is -3.93. The molecule has 0 amide bonds.